The molecule has 1 saturated carbocycles. The first kappa shape index (κ1) is 15.2. The van der Waals surface area contributed by atoms with E-state index in [0.29, 0.717) is 24.9 Å². The van der Waals surface area contributed by atoms with Gasteiger partial charge in [-0.2, -0.15) is 0 Å². The Labute approximate surface area is 122 Å². The summed E-state index contributed by atoms with van der Waals surface area (Å²) in [6.07, 6.45) is 6.46. The lowest BCUT2D eigenvalue weighted by molar-refractivity contribution is 0.315. The average molecular weight is 277 g/mol. The van der Waals surface area contributed by atoms with Gasteiger partial charge in [0.05, 0.1) is 6.61 Å². The summed E-state index contributed by atoms with van der Waals surface area (Å²) in [5, 5.41) is 13.8. The highest BCUT2D eigenvalue weighted by molar-refractivity contribution is 5.45. The molecule has 112 valence electrons. The topological polar surface area (TPSA) is 41.5 Å². The summed E-state index contributed by atoms with van der Waals surface area (Å²) in [5.74, 6) is 1.72. The number of ether oxygens (including phenoxy) is 1. The van der Waals surface area contributed by atoms with Crippen molar-refractivity contribution in [2.45, 2.75) is 58.5 Å². The second kappa shape index (κ2) is 7.53. The van der Waals surface area contributed by atoms with Crippen LogP contribution in [-0.2, 0) is 6.54 Å². The summed E-state index contributed by atoms with van der Waals surface area (Å²) in [6.45, 7) is 5.56. The minimum atomic E-state index is 0.281. The van der Waals surface area contributed by atoms with E-state index >= 15 is 0 Å². The average Bonchev–Trinajstić information content (AvgIpc) is 2.65. The molecule has 0 amide bonds. The van der Waals surface area contributed by atoms with E-state index in [1.807, 2.05) is 25.1 Å². The molecule has 0 aromatic heterocycles. The van der Waals surface area contributed by atoms with Gasteiger partial charge >= 0.3 is 0 Å². The van der Waals surface area contributed by atoms with Crippen LogP contribution in [0, 0.1) is 5.92 Å². The molecule has 0 saturated heterocycles. The predicted octanol–water partition coefficient (Wildman–Crippen LogP) is 3.85. The van der Waals surface area contributed by atoms with Crippen LogP contribution < -0.4 is 10.1 Å². The van der Waals surface area contributed by atoms with Crippen molar-refractivity contribution in [1.29, 1.82) is 0 Å². The summed E-state index contributed by atoms with van der Waals surface area (Å²) in [6, 6.07) is 6.30. The van der Waals surface area contributed by atoms with Crippen molar-refractivity contribution in [3.05, 3.63) is 23.8 Å². The number of benzene rings is 1. The third-order valence-electron chi connectivity index (χ3n) is 4.22. The molecule has 0 radical (unpaired) electrons. The lowest BCUT2D eigenvalue weighted by atomic mass is 10.0. The zero-order valence-electron chi connectivity index (χ0n) is 12.7. The zero-order chi connectivity index (χ0) is 14.4. The molecule has 3 heteroatoms. The molecule has 0 bridgehead atoms. The molecule has 1 aliphatic rings. The largest absolute Gasteiger partial charge is 0.504 e. The SMILES string of the molecule is CCOc1cccc(CNC2CCCC(C)CC2)c1O. The molecule has 2 unspecified atom stereocenters. The number of phenolic OH excluding ortho intramolecular Hbond substituents is 1. The normalized spacial score (nSPS) is 23.3. The lowest BCUT2D eigenvalue weighted by Crippen LogP contribution is -2.28. The van der Waals surface area contributed by atoms with Crippen LogP contribution in [0.1, 0.15) is 51.5 Å². The van der Waals surface area contributed by atoms with Crippen LogP contribution in [0.3, 0.4) is 0 Å². The molecule has 1 fully saturated rings. The highest BCUT2D eigenvalue weighted by Gasteiger charge is 2.16. The molecule has 1 aromatic carbocycles. The maximum absolute atomic E-state index is 10.2. The van der Waals surface area contributed by atoms with Gasteiger partial charge in [-0.3, -0.25) is 0 Å². The van der Waals surface area contributed by atoms with Gasteiger partial charge in [-0.05, 0) is 38.2 Å². The quantitative estimate of drug-likeness (QED) is 0.803. The van der Waals surface area contributed by atoms with E-state index in [4.69, 9.17) is 4.74 Å². The molecule has 3 nitrogen and oxygen atoms in total. The van der Waals surface area contributed by atoms with E-state index in [0.717, 1.165) is 11.5 Å². The minimum absolute atomic E-state index is 0.281. The number of hydrogen-bond acceptors (Lipinski definition) is 3. The van der Waals surface area contributed by atoms with E-state index in [1.54, 1.807) is 0 Å². The predicted molar refractivity (Wildman–Crippen MR) is 82.2 cm³/mol. The van der Waals surface area contributed by atoms with Crippen molar-refractivity contribution >= 4 is 0 Å². The van der Waals surface area contributed by atoms with Crippen LogP contribution in [0.25, 0.3) is 0 Å². The van der Waals surface area contributed by atoms with Gasteiger partial charge in [0.25, 0.3) is 0 Å². The van der Waals surface area contributed by atoms with E-state index < -0.39 is 0 Å². The first-order valence-corrected chi connectivity index (χ1v) is 7.87. The van der Waals surface area contributed by atoms with Crippen LogP contribution in [0.4, 0.5) is 0 Å². The molecule has 2 N–H and O–H groups in total. The Kier molecular flexibility index (Phi) is 5.72. The Morgan fingerprint density at radius 2 is 2.10 bits per heavy atom. The Morgan fingerprint density at radius 1 is 1.25 bits per heavy atom. The Balaban J connectivity index is 1.91. The van der Waals surface area contributed by atoms with Crippen molar-refractivity contribution in [2.75, 3.05) is 6.61 Å². The van der Waals surface area contributed by atoms with Crippen molar-refractivity contribution in [3.63, 3.8) is 0 Å². The van der Waals surface area contributed by atoms with Crippen molar-refractivity contribution in [1.82, 2.24) is 5.32 Å². The number of phenols is 1. The van der Waals surface area contributed by atoms with Crippen molar-refractivity contribution in [3.8, 4) is 11.5 Å². The summed E-state index contributed by atoms with van der Waals surface area (Å²) >= 11 is 0. The maximum Gasteiger partial charge on any atom is 0.162 e. The smallest absolute Gasteiger partial charge is 0.162 e. The molecule has 0 spiro atoms. The maximum atomic E-state index is 10.2. The Bertz CT molecular complexity index is 419. The van der Waals surface area contributed by atoms with Crippen LogP contribution >= 0.6 is 0 Å². The van der Waals surface area contributed by atoms with Gasteiger partial charge in [0, 0.05) is 18.2 Å². The highest BCUT2D eigenvalue weighted by atomic mass is 16.5. The molecule has 1 aromatic rings. The number of rotatable bonds is 5. The van der Waals surface area contributed by atoms with Gasteiger partial charge in [-0.25, -0.2) is 0 Å². The fourth-order valence-electron chi connectivity index (χ4n) is 2.93. The second-order valence-corrected chi connectivity index (χ2v) is 5.89. The van der Waals surface area contributed by atoms with Crippen LogP contribution in [0.15, 0.2) is 18.2 Å². The molecule has 0 heterocycles. The molecule has 1 aliphatic carbocycles. The highest BCUT2D eigenvalue weighted by Crippen LogP contribution is 2.30. The minimum Gasteiger partial charge on any atom is -0.504 e. The monoisotopic (exact) mass is 277 g/mol. The number of para-hydroxylation sites is 1. The molecule has 0 aliphatic heterocycles. The Hall–Kier alpha value is -1.22. The van der Waals surface area contributed by atoms with Gasteiger partial charge in [-0.15, -0.1) is 0 Å². The Morgan fingerprint density at radius 3 is 2.90 bits per heavy atom. The van der Waals surface area contributed by atoms with Gasteiger partial charge in [0.15, 0.2) is 11.5 Å². The standard InChI is InChI=1S/C17H27NO2/c1-3-20-16-9-5-7-14(17(16)19)12-18-15-8-4-6-13(2)10-11-15/h5,7,9,13,15,18-19H,3-4,6,8,10-12H2,1-2H3. The third-order valence-corrected chi connectivity index (χ3v) is 4.22. The summed E-state index contributed by atoms with van der Waals surface area (Å²) in [7, 11) is 0. The first-order chi connectivity index (χ1) is 9.70. The lowest BCUT2D eigenvalue weighted by Gasteiger charge is -2.17. The fourth-order valence-corrected chi connectivity index (χ4v) is 2.93. The van der Waals surface area contributed by atoms with E-state index in [1.165, 1.54) is 32.1 Å². The van der Waals surface area contributed by atoms with E-state index in [2.05, 4.69) is 12.2 Å². The summed E-state index contributed by atoms with van der Waals surface area (Å²) < 4.78 is 5.43. The van der Waals surface area contributed by atoms with Crippen molar-refractivity contribution < 1.29 is 9.84 Å². The van der Waals surface area contributed by atoms with Gasteiger partial charge < -0.3 is 15.2 Å². The van der Waals surface area contributed by atoms with Gasteiger partial charge in [0.1, 0.15) is 0 Å². The summed E-state index contributed by atoms with van der Waals surface area (Å²) in [5.41, 5.74) is 0.924. The van der Waals surface area contributed by atoms with Gasteiger partial charge in [-0.1, -0.05) is 31.9 Å². The van der Waals surface area contributed by atoms with E-state index in [9.17, 15) is 5.11 Å². The molecular formula is C17H27NO2. The van der Waals surface area contributed by atoms with Crippen LogP contribution in [-0.4, -0.2) is 17.8 Å². The third kappa shape index (κ3) is 4.14. The van der Waals surface area contributed by atoms with E-state index in [-0.39, 0.29) is 5.75 Å². The summed E-state index contributed by atoms with van der Waals surface area (Å²) in [4.78, 5) is 0. The number of nitrogens with one attached hydrogen (secondary N) is 1. The molecule has 2 atom stereocenters. The first-order valence-electron chi connectivity index (χ1n) is 7.87. The van der Waals surface area contributed by atoms with Crippen molar-refractivity contribution in [2.24, 2.45) is 5.92 Å². The molecular weight excluding hydrogens is 250 g/mol. The fraction of sp³-hybridized carbons (Fsp3) is 0.647. The number of hydrogen-bond donors (Lipinski definition) is 2. The van der Waals surface area contributed by atoms with Crippen LogP contribution in [0.5, 0.6) is 11.5 Å². The number of aromatic hydroxyl groups is 1. The molecule has 2 rings (SSSR count). The van der Waals surface area contributed by atoms with Gasteiger partial charge in [0.2, 0.25) is 0 Å². The van der Waals surface area contributed by atoms with Crippen LogP contribution in [0.2, 0.25) is 0 Å². The zero-order valence-corrected chi connectivity index (χ0v) is 12.7. The second-order valence-electron chi connectivity index (χ2n) is 5.89. The molecule has 20 heavy (non-hydrogen) atoms.